The second kappa shape index (κ2) is 9.25. The standard InChI is InChI=1S/C23H29FN4O/c24-19-8-10-21(11-9-19)27-13-15-28(16-14-27)22-12-7-18(17-25-22)23(29)26-20-5-3-1-2-4-6-20/h7-12,17,20H,1-6,13-16H2,(H,26,29). The van der Waals surface area contributed by atoms with Crippen molar-refractivity contribution >= 4 is 17.4 Å². The van der Waals surface area contributed by atoms with Crippen molar-refractivity contribution in [2.24, 2.45) is 0 Å². The highest BCUT2D eigenvalue weighted by molar-refractivity contribution is 5.94. The fourth-order valence-electron chi connectivity index (χ4n) is 4.25. The lowest BCUT2D eigenvalue weighted by Crippen LogP contribution is -2.46. The number of carbonyl (C=O) groups excluding carboxylic acids is 1. The van der Waals surface area contributed by atoms with E-state index in [1.807, 2.05) is 24.3 Å². The van der Waals surface area contributed by atoms with Gasteiger partial charge in [0.05, 0.1) is 5.56 Å². The first kappa shape index (κ1) is 19.7. The predicted molar refractivity (Wildman–Crippen MR) is 114 cm³/mol. The molecular weight excluding hydrogens is 367 g/mol. The van der Waals surface area contributed by atoms with Gasteiger partial charge in [0.25, 0.3) is 5.91 Å². The fourth-order valence-corrected chi connectivity index (χ4v) is 4.25. The van der Waals surface area contributed by atoms with Crippen LogP contribution in [-0.4, -0.2) is 43.1 Å². The summed E-state index contributed by atoms with van der Waals surface area (Å²) in [5.41, 5.74) is 1.67. The number of carbonyl (C=O) groups is 1. The van der Waals surface area contributed by atoms with Crippen molar-refractivity contribution in [1.29, 1.82) is 0 Å². The Kier molecular flexibility index (Phi) is 6.27. The highest BCUT2D eigenvalue weighted by Crippen LogP contribution is 2.21. The van der Waals surface area contributed by atoms with Gasteiger partial charge in [-0.1, -0.05) is 25.7 Å². The number of amides is 1. The smallest absolute Gasteiger partial charge is 0.253 e. The van der Waals surface area contributed by atoms with E-state index < -0.39 is 0 Å². The molecule has 154 valence electrons. The van der Waals surface area contributed by atoms with Gasteiger partial charge in [-0.05, 0) is 49.2 Å². The molecule has 5 nitrogen and oxygen atoms in total. The largest absolute Gasteiger partial charge is 0.368 e. The van der Waals surface area contributed by atoms with Gasteiger partial charge in [-0.25, -0.2) is 9.37 Å². The minimum absolute atomic E-state index is 0.0166. The summed E-state index contributed by atoms with van der Waals surface area (Å²) in [4.78, 5) is 21.6. The molecule has 1 N–H and O–H groups in total. The van der Waals surface area contributed by atoms with Crippen molar-refractivity contribution in [3.8, 4) is 0 Å². The number of nitrogens with one attached hydrogen (secondary N) is 1. The molecule has 0 spiro atoms. The first-order valence-electron chi connectivity index (χ1n) is 10.7. The SMILES string of the molecule is O=C(NC1CCCCCC1)c1ccc(N2CCN(c3ccc(F)cc3)CC2)nc1. The highest BCUT2D eigenvalue weighted by atomic mass is 19.1. The lowest BCUT2D eigenvalue weighted by molar-refractivity contribution is 0.0933. The van der Waals surface area contributed by atoms with Gasteiger partial charge in [0.1, 0.15) is 11.6 Å². The number of nitrogens with zero attached hydrogens (tertiary/aromatic N) is 3. The summed E-state index contributed by atoms with van der Waals surface area (Å²) >= 11 is 0. The minimum atomic E-state index is -0.209. The van der Waals surface area contributed by atoms with Crippen LogP contribution in [0.2, 0.25) is 0 Å². The molecule has 29 heavy (non-hydrogen) atoms. The maximum Gasteiger partial charge on any atom is 0.253 e. The maximum absolute atomic E-state index is 13.1. The molecule has 0 radical (unpaired) electrons. The Labute approximate surface area is 171 Å². The molecule has 0 unspecified atom stereocenters. The van der Waals surface area contributed by atoms with Crippen molar-refractivity contribution in [3.63, 3.8) is 0 Å². The number of halogens is 1. The van der Waals surface area contributed by atoms with Gasteiger partial charge in [-0.15, -0.1) is 0 Å². The van der Waals surface area contributed by atoms with E-state index in [0.29, 0.717) is 11.6 Å². The predicted octanol–water partition coefficient (Wildman–Crippen LogP) is 4.00. The zero-order valence-corrected chi connectivity index (χ0v) is 16.8. The van der Waals surface area contributed by atoms with Crippen molar-refractivity contribution in [2.75, 3.05) is 36.0 Å². The zero-order chi connectivity index (χ0) is 20.1. The number of piperazine rings is 1. The van der Waals surface area contributed by atoms with Crippen LogP contribution in [0, 0.1) is 5.82 Å². The van der Waals surface area contributed by atoms with Crippen molar-refractivity contribution < 1.29 is 9.18 Å². The number of pyridine rings is 1. The van der Waals surface area contributed by atoms with Crippen molar-refractivity contribution in [1.82, 2.24) is 10.3 Å². The lowest BCUT2D eigenvalue weighted by Gasteiger charge is -2.36. The molecule has 4 rings (SSSR count). The van der Waals surface area contributed by atoms with Crippen LogP contribution < -0.4 is 15.1 Å². The Morgan fingerprint density at radius 2 is 1.55 bits per heavy atom. The third-order valence-electron chi connectivity index (χ3n) is 6.00. The van der Waals surface area contributed by atoms with Crippen molar-refractivity contribution in [3.05, 3.63) is 54.0 Å². The van der Waals surface area contributed by atoms with E-state index in [9.17, 15) is 9.18 Å². The number of aromatic nitrogens is 1. The molecule has 2 fully saturated rings. The van der Waals surface area contributed by atoms with Gasteiger partial charge >= 0.3 is 0 Å². The first-order valence-corrected chi connectivity index (χ1v) is 10.7. The molecule has 0 atom stereocenters. The number of hydrogen-bond donors (Lipinski definition) is 1. The molecule has 2 aromatic rings. The van der Waals surface area contributed by atoms with Crippen LogP contribution in [0.5, 0.6) is 0 Å². The van der Waals surface area contributed by atoms with Gasteiger partial charge < -0.3 is 15.1 Å². The molecule has 1 aromatic carbocycles. The highest BCUT2D eigenvalue weighted by Gasteiger charge is 2.20. The van der Waals surface area contributed by atoms with Crippen LogP contribution >= 0.6 is 0 Å². The molecule has 0 bridgehead atoms. The van der Waals surface area contributed by atoms with E-state index in [1.54, 1.807) is 6.20 Å². The summed E-state index contributed by atoms with van der Waals surface area (Å²) in [6.45, 7) is 3.41. The number of hydrogen-bond acceptors (Lipinski definition) is 4. The molecule has 2 heterocycles. The molecule has 1 aliphatic heterocycles. The second-order valence-corrected chi connectivity index (χ2v) is 8.02. The van der Waals surface area contributed by atoms with Gasteiger partial charge in [-0.3, -0.25) is 4.79 Å². The Morgan fingerprint density at radius 1 is 0.897 bits per heavy atom. The van der Waals surface area contributed by atoms with Crippen LogP contribution in [0.3, 0.4) is 0 Å². The van der Waals surface area contributed by atoms with Gasteiger partial charge in [0.15, 0.2) is 0 Å². The molecular formula is C23H29FN4O. The Morgan fingerprint density at radius 3 is 2.17 bits per heavy atom. The summed E-state index contributed by atoms with van der Waals surface area (Å²) < 4.78 is 13.1. The van der Waals surface area contributed by atoms with Crippen LogP contribution in [0.1, 0.15) is 48.9 Å². The monoisotopic (exact) mass is 396 g/mol. The van der Waals surface area contributed by atoms with E-state index in [4.69, 9.17) is 0 Å². The summed E-state index contributed by atoms with van der Waals surface area (Å²) in [5, 5.41) is 3.18. The van der Waals surface area contributed by atoms with Crippen LogP contribution in [-0.2, 0) is 0 Å². The van der Waals surface area contributed by atoms with Crippen molar-refractivity contribution in [2.45, 2.75) is 44.6 Å². The topological polar surface area (TPSA) is 48.5 Å². The molecule has 1 saturated carbocycles. The summed E-state index contributed by atoms with van der Waals surface area (Å²) in [7, 11) is 0. The molecule has 1 aliphatic carbocycles. The quantitative estimate of drug-likeness (QED) is 0.794. The lowest BCUT2D eigenvalue weighted by atomic mass is 10.1. The van der Waals surface area contributed by atoms with E-state index >= 15 is 0 Å². The Balaban J connectivity index is 1.31. The van der Waals surface area contributed by atoms with Crippen LogP contribution in [0.4, 0.5) is 15.9 Å². The number of benzene rings is 1. The van der Waals surface area contributed by atoms with E-state index in [1.165, 1.54) is 37.8 Å². The number of anilines is 2. The summed E-state index contributed by atoms with van der Waals surface area (Å²) in [5.74, 6) is 0.673. The Bertz CT molecular complexity index is 793. The normalized spacial score (nSPS) is 18.4. The summed E-state index contributed by atoms with van der Waals surface area (Å²) in [6, 6.07) is 10.8. The minimum Gasteiger partial charge on any atom is -0.368 e. The average molecular weight is 397 g/mol. The molecule has 1 aromatic heterocycles. The average Bonchev–Trinajstić information content (AvgIpc) is 3.03. The zero-order valence-electron chi connectivity index (χ0n) is 16.8. The third-order valence-corrected chi connectivity index (χ3v) is 6.00. The molecule has 2 aliphatic rings. The van der Waals surface area contributed by atoms with Gasteiger partial charge in [0.2, 0.25) is 0 Å². The molecule has 1 amide bonds. The molecule has 1 saturated heterocycles. The van der Waals surface area contributed by atoms with Crippen LogP contribution in [0.15, 0.2) is 42.6 Å². The first-order chi connectivity index (χ1) is 14.2. The maximum atomic E-state index is 13.1. The van der Waals surface area contributed by atoms with E-state index in [-0.39, 0.29) is 11.7 Å². The second-order valence-electron chi connectivity index (χ2n) is 8.02. The third kappa shape index (κ3) is 5.05. The molecule has 6 heteroatoms. The van der Waals surface area contributed by atoms with E-state index in [2.05, 4.69) is 20.1 Å². The van der Waals surface area contributed by atoms with Gasteiger partial charge in [-0.2, -0.15) is 0 Å². The van der Waals surface area contributed by atoms with Gasteiger partial charge in [0, 0.05) is 44.1 Å². The van der Waals surface area contributed by atoms with Crippen LogP contribution in [0.25, 0.3) is 0 Å². The number of rotatable bonds is 4. The Hall–Kier alpha value is -2.63. The summed E-state index contributed by atoms with van der Waals surface area (Å²) in [6.07, 6.45) is 8.80. The van der Waals surface area contributed by atoms with E-state index in [0.717, 1.165) is 50.5 Å². The fraction of sp³-hybridized carbons (Fsp3) is 0.478.